The lowest BCUT2D eigenvalue weighted by atomic mass is 10.0. The molecule has 0 radical (unpaired) electrons. The topological polar surface area (TPSA) is 50.7 Å². The Labute approximate surface area is 150 Å². The van der Waals surface area contributed by atoms with Gasteiger partial charge in [-0.15, -0.1) is 0 Å². The summed E-state index contributed by atoms with van der Waals surface area (Å²) >= 11 is 0. The summed E-state index contributed by atoms with van der Waals surface area (Å²) in [5.74, 6) is 1.52. The van der Waals surface area contributed by atoms with E-state index in [0.717, 1.165) is 64.9 Å². The Hall–Kier alpha value is -1.24. The maximum absolute atomic E-state index is 6.11. The first-order valence-electron chi connectivity index (χ1n) is 9.88. The van der Waals surface area contributed by atoms with E-state index in [1.807, 2.05) is 6.20 Å². The fraction of sp³-hybridized carbons (Fsp3) is 0.789. The molecule has 2 saturated heterocycles. The molecule has 1 saturated carbocycles. The largest absolute Gasteiger partial charge is 0.379 e. The van der Waals surface area contributed by atoms with Crippen molar-refractivity contribution in [3.05, 3.63) is 18.0 Å². The van der Waals surface area contributed by atoms with Gasteiger partial charge in [-0.25, -0.2) is 9.97 Å². The van der Waals surface area contributed by atoms with E-state index in [1.165, 1.54) is 31.4 Å². The zero-order valence-corrected chi connectivity index (χ0v) is 15.1. The summed E-state index contributed by atoms with van der Waals surface area (Å²) < 4.78 is 11.6. The lowest BCUT2D eigenvalue weighted by Gasteiger charge is -2.31. The second-order valence-electron chi connectivity index (χ2n) is 7.47. The van der Waals surface area contributed by atoms with Crippen LogP contribution in [-0.4, -0.2) is 73.5 Å². The Balaban J connectivity index is 1.42. The lowest BCUT2D eigenvalue weighted by Crippen LogP contribution is -2.45. The summed E-state index contributed by atoms with van der Waals surface area (Å²) in [5.41, 5.74) is 1.23. The van der Waals surface area contributed by atoms with Crippen molar-refractivity contribution in [1.29, 1.82) is 0 Å². The molecule has 3 heterocycles. The summed E-state index contributed by atoms with van der Waals surface area (Å²) in [7, 11) is 0. The van der Waals surface area contributed by atoms with E-state index < -0.39 is 0 Å². The highest BCUT2D eigenvalue weighted by atomic mass is 16.5. The summed E-state index contributed by atoms with van der Waals surface area (Å²) in [6.07, 6.45) is 8.43. The first-order valence-corrected chi connectivity index (χ1v) is 9.88. The van der Waals surface area contributed by atoms with Crippen LogP contribution in [0.3, 0.4) is 0 Å². The minimum Gasteiger partial charge on any atom is -0.379 e. The van der Waals surface area contributed by atoms with Gasteiger partial charge in [0.2, 0.25) is 5.95 Å². The summed E-state index contributed by atoms with van der Waals surface area (Å²) in [4.78, 5) is 14.3. The molecule has 6 nitrogen and oxygen atoms in total. The highest BCUT2D eigenvalue weighted by Gasteiger charge is 2.25. The van der Waals surface area contributed by atoms with Crippen LogP contribution in [-0.2, 0) is 9.47 Å². The fourth-order valence-electron chi connectivity index (χ4n) is 4.22. The first kappa shape index (κ1) is 17.2. The third-order valence-corrected chi connectivity index (χ3v) is 5.64. The van der Waals surface area contributed by atoms with E-state index in [4.69, 9.17) is 14.5 Å². The van der Waals surface area contributed by atoms with Crippen molar-refractivity contribution in [2.45, 2.75) is 44.1 Å². The molecule has 3 fully saturated rings. The zero-order chi connectivity index (χ0) is 16.9. The normalized spacial score (nSPS) is 26.7. The smallest absolute Gasteiger partial charge is 0.225 e. The molecule has 0 N–H and O–H groups in total. The molecule has 0 aromatic carbocycles. The van der Waals surface area contributed by atoms with Crippen molar-refractivity contribution >= 4 is 5.95 Å². The summed E-state index contributed by atoms with van der Waals surface area (Å²) in [6, 6.07) is 2.11. The fourth-order valence-corrected chi connectivity index (χ4v) is 4.22. The van der Waals surface area contributed by atoms with Crippen LogP contribution in [0.25, 0.3) is 0 Å². The first-order chi connectivity index (χ1) is 12.4. The SMILES string of the molecule is c1cc(C2CCCC2)nc(N2CCCO[C@@H](CN3CCOCC3)C2)n1. The van der Waals surface area contributed by atoms with Crippen LogP contribution < -0.4 is 4.90 Å². The maximum atomic E-state index is 6.11. The molecule has 3 aliphatic rings. The van der Waals surface area contributed by atoms with Crippen LogP contribution in [0.4, 0.5) is 5.95 Å². The van der Waals surface area contributed by atoms with Gasteiger partial charge >= 0.3 is 0 Å². The molecule has 25 heavy (non-hydrogen) atoms. The third-order valence-electron chi connectivity index (χ3n) is 5.64. The molecular weight excluding hydrogens is 316 g/mol. The number of aromatic nitrogens is 2. The van der Waals surface area contributed by atoms with Crippen molar-refractivity contribution < 1.29 is 9.47 Å². The molecule has 0 spiro atoms. The second-order valence-corrected chi connectivity index (χ2v) is 7.47. The van der Waals surface area contributed by atoms with Crippen molar-refractivity contribution in [2.75, 3.05) is 57.4 Å². The molecule has 1 atom stereocenters. The molecule has 0 amide bonds. The minimum atomic E-state index is 0.222. The van der Waals surface area contributed by atoms with Gasteiger partial charge in [0.1, 0.15) is 0 Å². The molecule has 0 unspecified atom stereocenters. The number of rotatable bonds is 4. The molecule has 2 aliphatic heterocycles. The predicted octanol–water partition coefficient (Wildman–Crippen LogP) is 2.06. The van der Waals surface area contributed by atoms with E-state index in [9.17, 15) is 0 Å². The Morgan fingerprint density at radius 2 is 1.88 bits per heavy atom. The molecule has 4 rings (SSSR count). The number of morpholine rings is 1. The van der Waals surface area contributed by atoms with Gasteiger partial charge in [0.25, 0.3) is 0 Å². The van der Waals surface area contributed by atoms with Gasteiger partial charge in [0.15, 0.2) is 0 Å². The van der Waals surface area contributed by atoms with Gasteiger partial charge in [-0.2, -0.15) is 0 Å². The van der Waals surface area contributed by atoms with Crippen LogP contribution in [0.1, 0.15) is 43.7 Å². The number of hydrogen-bond acceptors (Lipinski definition) is 6. The number of nitrogens with zero attached hydrogens (tertiary/aromatic N) is 4. The summed E-state index contributed by atoms with van der Waals surface area (Å²) in [6.45, 7) is 7.35. The van der Waals surface area contributed by atoms with Crippen LogP contribution in [0.5, 0.6) is 0 Å². The van der Waals surface area contributed by atoms with Crippen LogP contribution in [0.2, 0.25) is 0 Å². The third kappa shape index (κ3) is 4.49. The molecule has 1 aliphatic carbocycles. The predicted molar refractivity (Wildman–Crippen MR) is 97.1 cm³/mol. The molecule has 1 aromatic heterocycles. The molecular formula is C19H30N4O2. The van der Waals surface area contributed by atoms with E-state index in [-0.39, 0.29) is 6.10 Å². The average molecular weight is 346 g/mol. The number of anilines is 1. The van der Waals surface area contributed by atoms with E-state index >= 15 is 0 Å². The van der Waals surface area contributed by atoms with Crippen molar-refractivity contribution in [2.24, 2.45) is 0 Å². The van der Waals surface area contributed by atoms with Gasteiger partial charge in [-0.05, 0) is 25.3 Å². The highest BCUT2D eigenvalue weighted by molar-refractivity contribution is 5.32. The lowest BCUT2D eigenvalue weighted by molar-refractivity contribution is -0.00511. The Kier molecular flexibility index (Phi) is 5.79. The van der Waals surface area contributed by atoms with Crippen molar-refractivity contribution in [3.63, 3.8) is 0 Å². The zero-order valence-electron chi connectivity index (χ0n) is 15.1. The molecule has 6 heteroatoms. The molecule has 138 valence electrons. The Bertz CT molecular complexity index is 544. The van der Waals surface area contributed by atoms with E-state index in [0.29, 0.717) is 5.92 Å². The van der Waals surface area contributed by atoms with E-state index in [2.05, 4.69) is 20.9 Å². The van der Waals surface area contributed by atoms with Gasteiger partial charge in [0, 0.05) is 57.1 Å². The standard InChI is InChI=1S/C19H30N4O2/c1-2-5-16(4-1)18-6-7-20-19(21-18)23-8-3-11-25-17(15-23)14-22-9-12-24-13-10-22/h6-7,16-17H,1-5,8-15H2/t17-/m0/s1. The van der Waals surface area contributed by atoms with Crippen LogP contribution >= 0.6 is 0 Å². The van der Waals surface area contributed by atoms with Gasteiger partial charge < -0.3 is 14.4 Å². The van der Waals surface area contributed by atoms with Crippen molar-refractivity contribution in [3.8, 4) is 0 Å². The second kappa shape index (κ2) is 8.43. The Morgan fingerprint density at radius 3 is 2.72 bits per heavy atom. The van der Waals surface area contributed by atoms with Crippen molar-refractivity contribution in [1.82, 2.24) is 14.9 Å². The number of hydrogen-bond donors (Lipinski definition) is 0. The summed E-state index contributed by atoms with van der Waals surface area (Å²) in [5, 5.41) is 0. The van der Waals surface area contributed by atoms with Gasteiger partial charge in [-0.1, -0.05) is 12.8 Å². The van der Waals surface area contributed by atoms with Gasteiger partial charge in [-0.3, -0.25) is 4.90 Å². The number of ether oxygens (including phenoxy) is 2. The monoisotopic (exact) mass is 346 g/mol. The van der Waals surface area contributed by atoms with Crippen LogP contribution in [0.15, 0.2) is 12.3 Å². The highest BCUT2D eigenvalue weighted by Crippen LogP contribution is 2.33. The minimum absolute atomic E-state index is 0.222. The molecule has 0 bridgehead atoms. The van der Waals surface area contributed by atoms with E-state index in [1.54, 1.807) is 0 Å². The molecule has 1 aromatic rings. The maximum Gasteiger partial charge on any atom is 0.225 e. The van der Waals surface area contributed by atoms with Crippen LogP contribution in [0, 0.1) is 0 Å². The van der Waals surface area contributed by atoms with Gasteiger partial charge in [0.05, 0.1) is 19.3 Å². The quantitative estimate of drug-likeness (QED) is 0.832. The Morgan fingerprint density at radius 1 is 1.04 bits per heavy atom. The average Bonchev–Trinajstić information content (AvgIpc) is 3.10.